The zero-order chi connectivity index (χ0) is 28.2. The molecule has 7 nitrogen and oxygen atoms in total. The number of aromatic nitrogens is 1. The number of hydrogen-bond acceptors (Lipinski definition) is 6. The van der Waals surface area contributed by atoms with Crippen molar-refractivity contribution in [1.82, 2.24) is 9.88 Å². The number of aliphatic carboxylic acids is 1. The van der Waals surface area contributed by atoms with E-state index in [0.717, 1.165) is 6.20 Å². The van der Waals surface area contributed by atoms with Crippen molar-refractivity contribution in [3.05, 3.63) is 65.4 Å². The molecule has 0 amide bonds. The summed E-state index contributed by atoms with van der Waals surface area (Å²) >= 11 is 0. The number of aliphatic hydroxyl groups excluding tert-OH is 1. The van der Waals surface area contributed by atoms with Gasteiger partial charge in [-0.05, 0) is 62.4 Å². The van der Waals surface area contributed by atoms with Gasteiger partial charge in [0.2, 0.25) is 0 Å². The summed E-state index contributed by atoms with van der Waals surface area (Å²) in [5, 5.41) is 21.0. The van der Waals surface area contributed by atoms with Gasteiger partial charge in [0, 0.05) is 29.6 Å². The molecule has 2 aromatic carbocycles. The molecule has 1 aromatic heterocycles. The number of carbonyl (C=O) groups is 1. The van der Waals surface area contributed by atoms with E-state index in [4.69, 9.17) is 9.47 Å². The molecule has 11 heteroatoms. The van der Waals surface area contributed by atoms with Crippen molar-refractivity contribution in [2.45, 2.75) is 38.2 Å². The summed E-state index contributed by atoms with van der Waals surface area (Å²) in [5.41, 5.74) is -0.0160. The first-order chi connectivity index (χ1) is 18.6. The average molecular weight is 551 g/mol. The third kappa shape index (κ3) is 6.77. The highest BCUT2D eigenvalue weighted by Gasteiger charge is 2.37. The van der Waals surface area contributed by atoms with Crippen LogP contribution in [-0.4, -0.2) is 59.4 Å². The van der Waals surface area contributed by atoms with Crippen molar-refractivity contribution in [2.75, 3.05) is 33.4 Å². The molecule has 0 aliphatic carbocycles. The Morgan fingerprint density at radius 2 is 1.79 bits per heavy atom. The molecule has 210 valence electrons. The fourth-order valence-corrected chi connectivity index (χ4v) is 5.25. The molecule has 39 heavy (non-hydrogen) atoms. The van der Waals surface area contributed by atoms with E-state index < -0.39 is 46.5 Å². The van der Waals surface area contributed by atoms with Crippen molar-refractivity contribution in [1.29, 1.82) is 0 Å². The molecule has 3 aromatic rings. The lowest BCUT2D eigenvalue weighted by molar-refractivity contribution is -0.141. The van der Waals surface area contributed by atoms with Gasteiger partial charge in [-0.25, -0.2) is 17.6 Å². The molecule has 0 unspecified atom stereocenters. The fraction of sp³-hybridized carbons (Fsp3) is 0.429. The molecule has 1 atom stereocenters. The lowest BCUT2D eigenvalue weighted by atomic mass is 9.71. The van der Waals surface area contributed by atoms with Gasteiger partial charge in [-0.15, -0.1) is 0 Å². The van der Waals surface area contributed by atoms with Crippen molar-refractivity contribution >= 4 is 16.9 Å². The second-order valence-corrected chi connectivity index (χ2v) is 9.92. The maximum atomic E-state index is 14.8. The summed E-state index contributed by atoms with van der Waals surface area (Å²) in [7, 11) is 1.48. The average Bonchev–Trinajstić information content (AvgIpc) is 2.89. The van der Waals surface area contributed by atoms with Crippen LogP contribution in [0.3, 0.4) is 0 Å². The number of piperidine rings is 1. The molecule has 0 bridgehead atoms. The molecule has 1 fully saturated rings. The molecule has 1 aliphatic heterocycles. The Balaban J connectivity index is 1.39. The van der Waals surface area contributed by atoms with Crippen LogP contribution >= 0.6 is 0 Å². The van der Waals surface area contributed by atoms with Gasteiger partial charge >= 0.3 is 5.97 Å². The minimum absolute atomic E-state index is 0.0397. The SMILES string of the molecule is COc1ccc2ncc(F)c([C@@H](O)CCC3(CC(=O)O)CCN(CCOc4c(F)cc(F)cc4F)CC3)c2c1. The minimum atomic E-state index is -1.18. The first-order valence-electron chi connectivity index (χ1n) is 12.6. The topological polar surface area (TPSA) is 92.1 Å². The third-order valence-corrected chi connectivity index (χ3v) is 7.41. The van der Waals surface area contributed by atoms with Gasteiger partial charge in [0.05, 0.1) is 31.3 Å². The first kappa shape index (κ1) is 28.6. The van der Waals surface area contributed by atoms with E-state index in [1.165, 1.54) is 7.11 Å². The largest absolute Gasteiger partial charge is 0.497 e. The lowest BCUT2D eigenvalue weighted by Crippen LogP contribution is -2.42. The highest BCUT2D eigenvalue weighted by Crippen LogP contribution is 2.42. The van der Waals surface area contributed by atoms with Gasteiger partial charge in [0.1, 0.15) is 24.0 Å². The van der Waals surface area contributed by atoms with E-state index in [9.17, 15) is 32.6 Å². The van der Waals surface area contributed by atoms with Crippen LogP contribution in [0.25, 0.3) is 10.9 Å². The Hall–Kier alpha value is -3.44. The highest BCUT2D eigenvalue weighted by atomic mass is 19.1. The number of likely N-dealkylation sites (tertiary alicyclic amines) is 1. The molecule has 4 rings (SSSR count). The van der Waals surface area contributed by atoms with Crippen molar-refractivity contribution in [3.63, 3.8) is 0 Å². The monoisotopic (exact) mass is 550 g/mol. The summed E-state index contributed by atoms with van der Waals surface area (Å²) in [6.07, 6.45) is 1.27. The number of fused-ring (bicyclic) bond motifs is 1. The summed E-state index contributed by atoms with van der Waals surface area (Å²) in [5.74, 6) is -5.05. The minimum Gasteiger partial charge on any atom is -0.497 e. The van der Waals surface area contributed by atoms with Gasteiger partial charge in [-0.3, -0.25) is 14.7 Å². The van der Waals surface area contributed by atoms with Crippen molar-refractivity contribution in [2.24, 2.45) is 5.41 Å². The van der Waals surface area contributed by atoms with Crippen molar-refractivity contribution < 1.29 is 42.0 Å². The number of carboxylic acid groups (broad SMARTS) is 1. The number of rotatable bonds is 11. The number of carboxylic acids is 1. The van der Waals surface area contributed by atoms with Crippen LogP contribution in [0.5, 0.6) is 11.5 Å². The van der Waals surface area contributed by atoms with E-state index in [-0.39, 0.29) is 25.0 Å². The van der Waals surface area contributed by atoms with Crippen LogP contribution in [0.15, 0.2) is 36.5 Å². The standard InChI is InChI=1S/C28H30F4N2O5/c1-38-18-2-3-23-19(14-18)26(22(32)16-33-23)24(35)4-5-28(15-25(36)37)6-8-34(9-7-28)10-11-39-27-20(30)12-17(29)13-21(27)31/h2-3,12-14,16,24,35H,4-11,15H2,1H3,(H,36,37)/t24-/m0/s1. The van der Waals surface area contributed by atoms with Crippen LogP contribution < -0.4 is 9.47 Å². The third-order valence-electron chi connectivity index (χ3n) is 7.41. The molecule has 2 heterocycles. The van der Waals surface area contributed by atoms with E-state index >= 15 is 0 Å². The number of aliphatic hydroxyl groups is 1. The van der Waals surface area contributed by atoms with Crippen LogP contribution in [-0.2, 0) is 4.79 Å². The first-order valence-corrected chi connectivity index (χ1v) is 12.6. The number of nitrogens with zero attached hydrogens (tertiary/aromatic N) is 2. The predicted molar refractivity (Wildman–Crippen MR) is 135 cm³/mol. The second-order valence-electron chi connectivity index (χ2n) is 9.92. The number of pyridine rings is 1. The van der Waals surface area contributed by atoms with Crippen LogP contribution in [0, 0.1) is 28.7 Å². The summed E-state index contributed by atoms with van der Waals surface area (Å²) in [6, 6.07) is 6.07. The Kier molecular flexibility index (Phi) is 8.91. The molecule has 2 N–H and O–H groups in total. The van der Waals surface area contributed by atoms with E-state index in [1.807, 2.05) is 4.90 Å². The number of ether oxygens (including phenoxy) is 2. The molecule has 0 saturated carbocycles. The van der Waals surface area contributed by atoms with Gasteiger partial charge in [0.15, 0.2) is 17.4 Å². The van der Waals surface area contributed by atoms with E-state index in [0.29, 0.717) is 67.7 Å². The molecule has 0 radical (unpaired) electrons. The molecule has 1 aliphatic rings. The molecular formula is C28H30F4N2O5. The Morgan fingerprint density at radius 1 is 1.10 bits per heavy atom. The van der Waals surface area contributed by atoms with Crippen LogP contribution in [0.4, 0.5) is 17.6 Å². The normalized spacial score (nSPS) is 16.3. The maximum Gasteiger partial charge on any atom is 0.303 e. The quantitative estimate of drug-likeness (QED) is 0.315. The van der Waals surface area contributed by atoms with Gasteiger partial charge in [-0.1, -0.05) is 0 Å². The summed E-state index contributed by atoms with van der Waals surface area (Å²) in [6.45, 7) is 1.30. The number of benzene rings is 2. The smallest absolute Gasteiger partial charge is 0.303 e. The lowest BCUT2D eigenvalue weighted by Gasteiger charge is -2.41. The van der Waals surface area contributed by atoms with E-state index in [1.54, 1.807) is 18.2 Å². The molecule has 1 saturated heterocycles. The van der Waals surface area contributed by atoms with Gasteiger partial charge < -0.3 is 19.7 Å². The van der Waals surface area contributed by atoms with Crippen molar-refractivity contribution in [3.8, 4) is 11.5 Å². The Bertz CT molecular complexity index is 1310. The molecule has 0 spiro atoms. The van der Waals surface area contributed by atoms with Gasteiger partial charge in [-0.2, -0.15) is 0 Å². The number of hydrogen-bond donors (Lipinski definition) is 2. The predicted octanol–water partition coefficient (Wildman–Crippen LogP) is 5.25. The highest BCUT2D eigenvalue weighted by molar-refractivity contribution is 5.84. The zero-order valence-corrected chi connectivity index (χ0v) is 21.4. The summed E-state index contributed by atoms with van der Waals surface area (Å²) < 4.78 is 65.9. The Morgan fingerprint density at radius 3 is 2.44 bits per heavy atom. The maximum absolute atomic E-state index is 14.8. The Labute approximate surface area is 223 Å². The molecular weight excluding hydrogens is 520 g/mol. The summed E-state index contributed by atoms with van der Waals surface area (Å²) in [4.78, 5) is 17.8. The zero-order valence-electron chi connectivity index (χ0n) is 21.4. The second kappa shape index (κ2) is 12.2. The fourth-order valence-electron chi connectivity index (χ4n) is 5.25. The van der Waals surface area contributed by atoms with Crippen LogP contribution in [0.2, 0.25) is 0 Å². The van der Waals surface area contributed by atoms with E-state index in [2.05, 4.69) is 4.98 Å². The number of halogens is 4. The number of methoxy groups -OCH3 is 1. The van der Waals surface area contributed by atoms with Crippen LogP contribution in [0.1, 0.15) is 43.8 Å². The van der Waals surface area contributed by atoms with Gasteiger partial charge in [0.25, 0.3) is 0 Å².